The van der Waals surface area contributed by atoms with Gasteiger partial charge in [-0.15, -0.1) is 0 Å². The second kappa shape index (κ2) is 8.10. The maximum atomic E-state index is 14.8. The number of fused-ring (bicyclic) bond motifs is 1. The molecule has 3 unspecified atom stereocenters. The van der Waals surface area contributed by atoms with Crippen molar-refractivity contribution >= 4 is 17.6 Å². The van der Waals surface area contributed by atoms with Crippen LogP contribution in [0.2, 0.25) is 0 Å². The first-order chi connectivity index (χ1) is 14.8. The molecule has 12 heteroatoms. The first-order valence-electron chi connectivity index (χ1n) is 9.21. The van der Waals surface area contributed by atoms with E-state index in [0.717, 1.165) is 18.5 Å². The normalized spacial score (nSPS) is 25.0. The van der Waals surface area contributed by atoms with Crippen molar-refractivity contribution in [2.75, 3.05) is 25.2 Å². The number of alkyl halides is 3. The van der Waals surface area contributed by atoms with Crippen molar-refractivity contribution < 1.29 is 31.8 Å². The van der Waals surface area contributed by atoms with Gasteiger partial charge in [-0.25, -0.2) is 27.5 Å². The van der Waals surface area contributed by atoms with E-state index < -0.39 is 48.1 Å². The lowest BCUT2D eigenvalue weighted by atomic mass is 9.78. The number of benzene rings is 1. The molecule has 31 heavy (non-hydrogen) atoms. The number of hydrogen-bond donors (Lipinski definition) is 2. The summed E-state index contributed by atoms with van der Waals surface area (Å²) in [6.07, 6.45) is -1.95. The molecule has 2 aromatic rings. The van der Waals surface area contributed by atoms with Gasteiger partial charge in [-0.2, -0.15) is 0 Å². The molecule has 0 radical (unpaired) electrons. The molecule has 3 heterocycles. The molecule has 3 N–H and O–H groups in total. The van der Waals surface area contributed by atoms with Crippen LogP contribution >= 0.6 is 0 Å². The van der Waals surface area contributed by atoms with E-state index >= 15 is 0 Å². The zero-order chi connectivity index (χ0) is 22.2. The van der Waals surface area contributed by atoms with E-state index in [4.69, 9.17) is 15.2 Å². The minimum atomic E-state index is -2.81. The van der Waals surface area contributed by atoms with Crippen LogP contribution in [-0.4, -0.2) is 47.9 Å². The van der Waals surface area contributed by atoms with Crippen molar-refractivity contribution in [2.24, 2.45) is 16.6 Å². The van der Waals surface area contributed by atoms with Gasteiger partial charge in [0.1, 0.15) is 29.4 Å². The Morgan fingerprint density at radius 1 is 1.32 bits per heavy atom. The number of rotatable bonds is 5. The Hall–Kier alpha value is -3.28. The quantitative estimate of drug-likeness (QED) is 0.692. The summed E-state index contributed by atoms with van der Waals surface area (Å²) in [4.78, 5) is 23.8. The maximum absolute atomic E-state index is 14.8. The standard InChI is InChI=1S/C19H17F4N5O3/c20-4-15-11-7-30-18(24)28-19(11,8-31-15)10-3-9(1-2-12(10)21)27-17(29)14-6-25-13(5-26-14)16(22)23/h1-3,5-6,11,15-16H,4,7-8H2,(H2,24,28)(H,27,29). The van der Waals surface area contributed by atoms with Gasteiger partial charge in [-0.1, -0.05) is 0 Å². The number of aliphatic imine (C=N–C) groups is 1. The highest BCUT2D eigenvalue weighted by Crippen LogP contribution is 2.46. The van der Waals surface area contributed by atoms with Gasteiger partial charge in [-0.3, -0.25) is 9.78 Å². The number of nitrogens with two attached hydrogens (primary N) is 1. The van der Waals surface area contributed by atoms with Crippen molar-refractivity contribution in [1.82, 2.24) is 9.97 Å². The minimum absolute atomic E-state index is 0.00791. The average molecular weight is 439 g/mol. The Kier molecular flexibility index (Phi) is 5.48. The molecule has 1 aromatic carbocycles. The van der Waals surface area contributed by atoms with E-state index in [0.29, 0.717) is 0 Å². The molecule has 2 aliphatic rings. The predicted molar refractivity (Wildman–Crippen MR) is 99.8 cm³/mol. The smallest absolute Gasteiger partial charge is 0.282 e. The van der Waals surface area contributed by atoms with Gasteiger partial charge >= 0.3 is 0 Å². The molecule has 164 valence electrons. The van der Waals surface area contributed by atoms with E-state index in [9.17, 15) is 22.4 Å². The maximum Gasteiger partial charge on any atom is 0.282 e. The predicted octanol–water partition coefficient (Wildman–Crippen LogP) is 2.33. The number of halogens is 4. The molecular weight excluding hydrogens is 422 g/mol. The highest BCUT2D eigenvalue weighted by Gasteiger charge is 2.55. The van der Waals surface area contributed by atoms with Gasteiger partial charge in [0, 0.05) is 11.3 Å². The van der Waals surface area contributed by atoms with Crippen molar-refractivity contribution in [3.63, 3.8) is 0 Å². The van der Waals surface area contributed by atoms with Crippen LogP contribution in [0.4, 0.5) is 23.2 Å². The van der Waals surface area contributed by atoms with E-state index in [1.54, 1.807) is 0 Å². The van der Waals surface area contributed by atoms with Gasteiger partial charge in [0.15, 0.2) is 0 Å². The minimum Gasteiger partial charge on any atom is -0.465 e. The Morgan fingerprint density at radius 3 is 2.81 bits per heavy atom. The number of carbonyl (C=O) groups is 1. The molecule has 8 nitrogen and oxygen atoms in total. The third-order valence-corrected chi connectivity index (χ3v) is 5.27. The fourth-order valence-electron chi connectivity index (χ4n) is 3.72. The number of ether oxygens (including phenoxy) is 2. The van der Waals surface area contributed by atoms with Crippen LogP contribution in [0.25, 0.3) is 0 Å². The van der Waals surface area contributed by atoms with E-state index in [1.165, 1.54) is 12.1 Å². The number of nitrogens with zero attached hydrogens (tertiary/aromatic N) is 3. The highest BCUT2D eigenvalue weighted by molar-refractivity contribution is 6.02. The Labute approximate surface area is 173 Å². The number of amides is 1. The molecule has 0 bridgehead atoms. The first-order valence-corrected chi connectivity index (χ1v) is 9.21. The van der Waals surface area contributed by atoms with Crippen LogP contribution in [0.1, 0.15) is 28.2 Å². The van der Waals surface area contributed by atoms with Crippen LogP contribution in [0.3, 0.4) is 0 Å². The van der Waals surface area contributed by atoms with E-state index in [-0.39, 0.29) is 36.2 Å². The molecular formula is C19H17F4N5O3. The molecule has 0 saturated carbocycles. The number of nitrogens with one attached hydrogen (secondary N) is 1. The molecule has 1 saturated heterocycles. The Morgan fingerprint density at radius 2 is 2.13 bits per heavy atom. The lowest BCUT2D eigenvalue weighted by molar-refractivity contribution is 0.0528. The zero-order valence-corrected chi connectivity index (χ0v) is 15.9. The number of amidine groups is 1. The second-order valence-electron chi connectivity index (χ2n) is 7.07. The Bertz CT molecular complexity index is 1020. The van der Waals surface area contributed by atoms with Crippen LogP contribution in [0.15, 0.2) is 35.6 Å². The van der Waals surface area contributed by atoms with Crippen molar-refractivity contribution in [2.45, 2.75) is 18.1 Å². The summed E-state index contributed by atoms with van der Waals surface area (Å²) in [7, 11) is 0. The Balaban J connectivity index is 1.64. The largest absolute Gasteiger partial charge is 0.465 e. The number of carbonyl (C=O) groups excluding carboxylic acids is 1. The summed E-state index contributed by atoms with van der Waals surface area (Å²) in [6.45, 7) is -0.937. The summed E-state index contributed by atoms with van der Waals surface area (Å²) < 4.78 is 64.1. The van der Waals surface area contributed by atoms with E-state index in [2.05, 4.69) is 20.3 Å². The van der Waals surface area contributed by atoms with Crippen LogP contribution in [-0.2, 0) is 15.0 Å². The third kappa shape index (κ3) is 3.78. The fourth-order valence-corrected chi connectivity index (χ4v) is 3.72. The van der Waals surface area contributed by atoms with Gasteiger partial charge in [0.25, 0.3) is 18.4 Å². The van der Waals surface area contributed by atoms with Crippen molar-refractivity contribution in [3.05, 3.63) is 53.4 Å². The number of aromatic nitrogens is 2. The fraction of sp³-hybridized carbons (Fsp3) is 0.368. The second-order valence-corrected chi connectivity index (χ2v) is 7.07. The summed E-state index contributed by atoms with van der Waals surface area (Å²) in [5.74, 6) is -2.01. The SMILES string of the molecule is NC1=NC2(c3cc(NC(=O)c4cnc(C(F)F)cn4)ccc3F)COC(CF)C2CO1. The summed E-state index contributed by atoms with van der Waals surface area (Å²) in [6, 6.07) is 3.58. The van der Waals surface area contributed by atoms with Gasteiger partial charge < -0.3 is 20.5 Å². The zero-order valence-electron chi connectivity index (χ0n) is 15.9. The summed E-state index contributed by atoms with van der Waals surface area (Å²) in [5.41, 5.74) is 3.84. The molecule has 0 spiro atoms. The molecule has 1 aromatic heterocycles. The molecule has 4 rings (SSSR count). The first kappa shape index (κ1) is 21.0. The molecule has 2 aliphatic heterocycles. The van der Waals surface area contributed by atoms with Gasteiger partial charge in [-0.05, 0) is 18.2 Å². The molecule has 1 fully saturated rings. The van der Waals surface area contributed by atoms with Gasteiger partial charge in [0.2, 0.25) is 0 Å². The van der Waals surface area contributed by atoms with Crippen LogP contribution < -0.4 is 11.1 Å². The molecule has 0 aliphatic carbocycles. The lowest BCUT2D eigenvalue weighted by Gasteiger charge is -2.35. The molecule has 3 atom stereocenters. The van der Waals surface area contributed by atoms with E-state index in [1.807, 2.05) is 0 Å². The van der Waals surface area contributed by atoms with Crippen molar-refractivity contribution in [3.8, 4) is 0 Å². The number of hydrogen-bond acceptors (Lipinski definition) is 7. The topological polar surface area (TPSA) is 112 Å². The molecule has 1 amide bonds. The lowest BCUT2D eigenvalue weighted by Crippen LogP contribution is -2.45. The summed E-state index contributed by atoms with van der Waals surface area (Å²) in [5, 5.41) is 2.51. The van der Waals surface area contributed by atoms with Gasteiger partial charge in [0.05, 0.1) is 37.6 Å². The highest BCUT2D eigenvalue weighted by atomic mass is 19.3. The van der Waals surface area contributed by atoms with Crippen molar-refractivity contribution in [1.29, 1.82) is 0 Å². The average Bonchev–Trinajstić information content (AvgIpc) is 3.13. The monoisotopic (exact) mass is 439 g/mol. The number of anilines is 1. The van der Waals surface area contributed by atoms with Crippen LogP contribution in [0, 0.1) is 11.7 Å². The van der Waals surface area contributed by atoms with Crippen LogP contribution in [0.5, 0.6) is 0 Å². The summed E-state index contributed by atoms with van der Waals surface area (Å²) >= 11 is 0. The third-order valence-electron chi connectivity index (χ3n) is 5.27.